The number of carbonyl (C=O) groups excluding carboxylic acids is 1. The van der Waals surface area contributed by atoms with Crippen molar-refractivity contribution in [3.63, 3.8) is 0 Å². The molecule has 0 radical (unpaired) electrons. The Kier molecular flexibility index (Phi) is 6.73. The molecule has 0 saturated carbocycles. The van der Waals surface area contributed by atoms with Crippen molar-refractivity contribution in [1.82, 2.24) is 20.0 Å². The van der Waals surface area contributed by atoms with Crippen molar-refractivity contribution in [1.29, 1.82) is 0 Å². The highest BCUT2D eigenvalue weighted by molar-refractivity contribution is 5.93. The summed E-state index contributed by atoms with van der Waals surface area (Å²) in [5, 5.41) is 9.40. The molecule has 0 aliphatic carbocycles. The summed E-state index contributed by atoms with van der Waals surface area (Å²) < 4.78 is 1.58. The molecule has 1 fully saturated rings. The molecule has 6 nitrogen and oxygen atoms in total. The summed E-state index contributed by atoms with van der Waals surface area (Å²) in [6.07, 6.45) is 1.54. The monoisotopic (exact) mass is 466 g/mol. The number of nitrogens with one attached hydrogen (secondary N) is 1. The van der Waals surface area contributed by atoms with Crippen molar-refractivity contribution in [2.24, 2.45) is 5.92 Å². The Morgan fingerprint density at radius 3 is 2.29 bits per heavy atom. The second kappa shape index (κ2) is 10.2. The fourth-order valence-electron chi connectivity index (χ4n) is 4.71. The lowest BCUT2D eigenvalue weighted by molar-refractivity contribution is -0.126. The van der Waals surface area contributed by atoms with E-state index in [9.17, 15) is 9.59 Å². The average Bonchev–Trinajstić information content (AvgIpc) is 2.90. The summed E-state index contributed by atoms with van der Waals surface area (Å²) in [6, 6.07) is 25.9. The number of hydrogen-bond acceptors (Lipinski definition) is 4. The summed E-state index contributed by atoms with van der Waals surface area (Å²) in [5.41, 5.74) is 4.01. The van der Waals surface area contributed by atoms with E-state index in [1.807, 2.05) is 54.6 Å². The molecule has 0 unspecified atom stereocenters. The number of fused-ring (bicyclic) bond motifs is 1. The van der Waals surface area contributed by atoms with Gasteiger partial charge in [-0.1, -0.05) is 78.4 Å². The van der Waals surface area contributed by atoms with Crippen LogP contribution in [-0.4, -0.2) is 33.7 Å². The highest BCUT2D eigenvalue weighted by Gasteiger charge is 2.25. The molecule has 6 heteroatoms. The third-order valence-electron chi connectivity index (χ3n) is 6.79. The average molecular weight is 467 g/mol. The molecule has 0 bridgehead atoms. The van der Waals surface area contributed by atoms with Crippen LogP contribution in [-0.2, 0) is 18.0 Å². The Morgan fingerprint density at radius 2 is 1.57 bits per heavy atom. The van der Waals surface area contributed by atoms with Crippen LogP contribution in [0.2, 0.25) is 0 Å². The zero-order valence-corrected chi connectivity index (χ0v) is 20.0. The SMILES string of the molecule is Cc1ccc(-c2nn(CN3CCC(C(=O)NCc4ccccc4)CC3)c(=O)c3ccccc23)cc1. The predicted octanol–water partition coefficient (Wildman–Crippen LogP) is 4.36. The minimum Gasteiger partial charge on any atom is -0.352 e. The van der Waals surface area contributed by atoms with E-state index in [1.54, 1.807) is 4.68 Å². The number of aryl methyl sites for hydroxylation is 1. The van der Waals surface area contributed by atoms with Gasteiger partial charge in [-0.25, -0.2) is 4.68 Å². The maximum atomic E-state index is 13.2. The first-order chi connectivity index (χ1) is 17.1. The zero-order valence-electron chi connectivity index (χ0n) is 20.0. The van der Waals surface area contributed by atoms with Crippen LogP contribution in [0, 0.1) is 12.8 Å². The first-order valence-electron chi connectivity index (χ1n) is 12.2. The molecule has 2 heterocycles. The summed E-state index contributed by atoms with van der Waals surface area (Å²) in [5.74, 6) is 0.107. The van der Waals surface area contributed by atoms with E-state index in [4.69, 9.17) is 5.10 Å². The molecule has 1 aromatic heterocycles. The molecule has 1 aliphatic rings. The fraction of sp³-hybridized carbons (Fsp3) is 0.276. The van der Waals surface area contributed by atoms with Crippen LogP contribution in [0.5, 0.6) is 0 Å². The second-order valence-electron chi connectivity index (χ2n) is 9.30. The van der Waals surface area contributed by atoms with Crippen molar-refractivity contribution in [2.75, 3.05) is 13.1 Å². The van der Waals surface area contributed by atoms with Crippen molar-refractivity contribution in [2.45, 2.75) is 33.0 Å². The predicted molar refractivity (Wildman–Crippen MR) is 139 cm³/mol. The fourth-order valence-corrected chi connectivity index (χ4v) is 4.71. The number of aromatic nitrogens is 2. The van der Waals surface area contributed by atoms with E-state index in [2.05, 4.69) is 41.4 Å². The normalized spacial score (nSPS) is 14.8. The molecular weight excluding hydrogens is 436 g/mol. The van der Waals surface area contributed by atoms with E-state index in [1.165, 1.54) is 5.56 Å². The van der Waals surface area contributed by atoms with E-state index in [0.717, 1.165) is 48.1 Å². The molecular formula is C29H30N4O2. The van der Waals surface area contributed by atoms with E-state index < -0.39 is 0 Å². The van der Waals surface area contributed by atoms with Gasteiger partial charge in [-0.15, -0.1) is 0 Å². The lowest BCUT2D eigenvalue weighted by Gasteiger charge is -2.31. The van der Waals surface area contributed by atoms with Crippen LogP contribution in [0.25, 0.3) is 22.0 Å². The van der Waals surface area contributed by atoms with Gasteiger partial charge in [0, 0.05) is 36.5 Å². The van der Waals surface area contributed by atoms with Crippen molar-refractivity contribution < 1.29 is 4.79 Å². The highest BCUT2D eigenvalue weighted by atomic mass is 16.2. The van der Waals surface area contributed by atoms with Crippen LogP contribution >= 0.6 is 0 Å². The lowest BCUT2D eigenvalue weighted by atomic mass is 9.96. The van der Waals surface area contributed by atoms with Gasteiger partial charge < -0.3 is 5.32 Å². The van der Waals surface area contributed by atoms with Gasteiger partial charge in [0.25, 0.3) is 5.56 Å². The Labute approximate surface area is 205 Å². The first kappa shape index (κ1) is 23.0. The maximum Gasteiger partial charge on any atom is 0.275 e. The Balaban J connectivity index is 1.29. The Morgan fingerprint density at radius 1 is 0.914 bits per heavy atom. The van der Waals surface area contributed by atoms with E-state index >= 15 is 0 Å². The minimum atomic E-state index is -0.0841. The number of piperidine rings is 1. The molecule has 4 aromatic rings. The largest absolute Gasteiger partial charge is 0.352 e. The Bertz CT molecular complexity index is 1370. The first-order valence-corrected chi connectivity index (χ1v) is 12.2. The topological polar surface area (TPSA) is 67.2 Å². The highest BCUT2D eigenvalue weighted by Crippen LogP contribution is 2.25. The van der Waals surface area contributed by atoms with Gasteiger partial charge in [0.1, 0.15) is 0 Å². The molecule has 5 rings (SSSR count). The van der Waals surface area contributed by atoms with Gasteiger partial charge in [-0.3, -0.25) is 14.5 Å². The smallest absolute Gasteiger partial charge is 0.275 e. The second-order valence-corrected chi connectivity index (χ2v) is 9.30. The Hall–Kier alpha value is -3.77. The van der Waals surface area contributed by atoms with Crippen molar-refractivity contribution in [3.8, 4) is 11.3 Å². The molecule has 1 aliphatic heterocycles. The summed E-state index contributed by atoms with van der Waals surface area (Å²) >= 11 is 0. The van der Waals surface area contributed by atoms with Crippen LogP contribution < -0.4 is 10.9 Å². The third-order valence-corrected chi connectivity index (χ3v) is 6.79. The molecule has 0 atom stereocenters. The number of nitrogens with zero attached hydrogens (tertiary/aromatic N) is 3. The zero-order chi connectivity index (χ0) is 24.2. The van der Waals surface area contributed by atoms with Gasteiger partial charge in [0.15, 0.2) is 0 Å². The number of carbonyl (C=O) groups is 1. The van der Waals surface area contributed by atoms with Crippen LogP contribution in [0.3, 0.4) is 0 Å². The van der Waals surface area contributed by atoms with Gasteiger partial charge in [0.2, 0.25) is 5.91 Å². The molecule has 1 saturated heterocycles. The third kappa shape index (κ3) is 5.17. The number of hydrogen-bond donors (Lipinski definition) is 1. The molecule has 1 amide bonds. The van der Waals surface area contributed by atoms with Crippen molar-refractivity contribution >= 4 is 16.7 Å². The summed E-state index contributed by atoms with van der Waals surface area (Å²) in [6.45, 7) is 4.54. The van der Waals surface area contributed by atoms with Gasteiger partial charge in [-0.2, -0.15) is 5.10 Å². The summed E-state index contributed by atoms with van der Waals surface area (Å²) in [7, 11) is 0. The number of benzene rings is 3. The summed E-state index contributed by atoms with van der Waals surface area (Å²) in [4.78, 5) is 28.1. The number of rotatable bonds is 6. The molecule has 178 valence electrons. The van der Waals surface area contributed by atoms with Crippen molar-refractivity contribution in [3.05, 3.63) is 100 Å². The van der Waals surface area contributed by atoms with Gasteiger partial charge in [0.05, 0.1) is 17.7 Å². The molecule has 35 heavy (non-hydrogen) atoms. The molecule has 1 N–H and O–H groups in total. The van der Waals surface area contributed by atoms with Crippen LogP contribution in [0.4, 0.5) is 0 Å². The minimum absolute atomic E-state index is 0.000587. The quantitative estimate of drug-likeness (QED) is 0.459. The van der Waals surface area contributed by atoms with Gasteiger partial charge >= 0.3 is 0 Å². The molecule has 0 spiro atoms. The van der Waals surface area contributed by atoms with E-state index in [0.29, 0.717) is 18.6 Å². The standard InChI is InChI=1S/C29H30N4O2/c1-21-11-13-23(14-12-21)27-25-9-5-6-10-26(25)29(35)33(31-27)20-32-17-15-24(16-18-32)28(34)30-19-22-7-3-2-4-8-22/h2-14,24H,15-20H2,1H3,(H,30,34). The number of amides is 1. The van der Waals surface area contributed by atoms with Crippen LogP contribution in [0.15, 0.2) is 83.7 Å². The number of likely N-dealkylation sites (tertiary alicyclic amines) is 1. The van der Waals surface area contributed by atoms with Gasteiger partial charge in [-0.05, 0) is 31.4 Å². The van der Waals surface area contributed by atoms with Crippen LogP contribution in [0.1, 0.15) is 24.0 Å². The molecule has 3 aromatic carbocycles. The van der Waals surface area contributed by atoms with E-state index in [-0.39, 0.29) is 17.4 Å². The maximum absolute atomic E-state index is 13.2. The lowest BCUT2D eigenvalue weighted by Crippen LogP contribution is -2.42.